The molecule has 33 heavy (non-hydrogen) atoms. The summed E-state index contributed by atoms with van der Waals surface area (Å²) < 4.78 is 15.9. The topological polar surface area (TPSA) is 78.9 Å². The van der Waals surface area contributed by atoms with Crippen molar-refractivity contribution in [1.29, 1.82) is 0 Å². The van der Waals surface area contributed by atoms with Gasteiger partial charge in [-0.15, -0.1) is 12.4 Å². The van der Waals surface area contributed by atoms with Gasteiger partial charge in [-0.2, -0.15) is 0 Å². The van der Waals surface area contributed by atoms with Gasteiger partial charge in [-0.1, -0.05) is 18.2 Å². The van der Waals surface area contributed by atoms with Crippen molar-refractivity contribution in [1.82, 2.24) is 20.2 Å². The SMILES string of the molecule is CNCC1Cc2cccc3c(C4=C(c5c[nH]c6cc(F)ccc56)C(=O)NC4=O)cn(c23)C1.Cl. The van der Waals surface area contributed by atoms with Crippen molar-refractivity contribution in [3.63, 3.8) is 0 Å². The number of amides is 2. The number of nitrogens with one attached hydrogen (secondary N) is 3. The number of para-hydroxylation sites is 1. The van der Waals surface area contributed by atoms with Crippen LogP contribution in [0.3, 0.4) is 0 Å². The molecule has 0 aliphatic carbocycles. The third-order valence-electron chi connectivity index (χ3n) is 6.55. The number of halogens is 2. The molecule has 2 aliphatic heterocycles. The molecule has 3 N–H and O–H groups in total. The summed E-state index contributed by atoms with van der Waals surface area (Å²) >= 11 is 0. The molecule has 8 heteroatoms. The maximum absolute atomic E-state index is 13.7. The Kier molecular flexibility index (Phi) is 5.11. The smallest absolute Gasteiger partial charge is 0.259 e. The molecule has 168 valence electrons. The first kappa shape index (κ1) is 21.4. The van der Waals surface area contributed by atoms with Crippen LogP contribution in [0.4, 0.5) is 4.39 Å². The maximum Gasteiger partial charge on any atom is 0.259 e. The highest BCUT2D eigenvalue weighted by molar-refractivity contribution is 6.50. The van der Waals surface area contributed by atoms with E-state index in [9.17, 15) is 14.0 Å². The Morgan fingerprint density at radius 2 is 1.88 bits per heavy atom. The molecule has 6 nitrogen and oxygen atoms in total. The molecule has 0 saturated carbocycles. The summed E-state index contributed by atoms with van der Waals surface area (Å²) in [7, 11) is 1.95. The van der Waals surface area contributed by atoms with Crippen LogP contribution >= 0.6 is 12.4 Å². The van der Waals surface area contributed by atoms with Gasteiger partial charge >= 0.3 is 0 Å². The number of carbonyl (C=O) groups excluding carboxylic acids is 2. The molecule has 0 bridgehead atoms. The summed E-state index contributed by atoms with van der Waals surface area (Å²) in [6.45, 7) is 1.75. The summed E-state index contributed by atoms with van der Waals surface area (Å²) in [4.78, 5) is 29.0. The van der Waals surface area contributed by atoms with E-state index in [0.29, 0.717) is 33.5 Å². The Morgan fingerprint density at radius 3 is 2.67 bits per heavy atom. The minimum Gasteiger partial charge on any atom is -0.360 e. The van der Waals surface area contributed by atoms with Gasteiger partial charge in [-0.3, -0.25) is 14.9 Å². The van der Waals surface area contributed by atoms with E-state index < -0.39 is 11.8 Å². The van der Waals surface area contributed by atoms with Gasteiger partial charge in [0, 0.05) is 46.4 Å². The van der Waals surface area contributed by atoms with E-state index in [-0.39, 0.29) is 18.2 Å². The molecule has 4 aromatic rings. The lowest BCUT2D eigenvalue weighted by Crippen LogP contribution is -2.27. The fourth-order valence-corrected chi connectivity index (χ4v) is 5.30. The molecule has 0 fully saturated rings. The number of benzene rings is 2. The number of aromatic amines is 1. The molecule has 2 amide bonds. The third-order valence-corrected chi connectivity index (χ3v) is 6.55. The molecule has 0 saturated heterocycles. The molecule has 0 spiro atoms. The second-order valence-electron chi connectivity index (χ2n) is 8.56. The zero-order chi connectivity index (χ0) is 22.0. The highest BCUT2D eigenvalue weighted by Gasteiger charge is 2.36. The van der Waals surface area contributed by atoms with Crippen molar-refractivity contribution in [3.05, 3.63) is 71.3 Å². The van der Waals surface area contributed by atoms with Crippen LogP contribution in [-0.4, -0.2) is 35.0 Å². The van der Waals surface area contributed by atoms with Crippen LogP contribution in [0.25, 0.3) is 33.0 Å². The van der Waals surface area contributed by atoms with E-state index in [1.165, 1.54) is 17.7 Å². The van der Waals surface area contributed by atoms with Crippen molar-refractivity contribution in [2.45, 2.75) is 13.0 Å². The van der Waals surface area contributed by atoms with Gasteiger partial charge in [0.15, 0.2) is 0 Å². The van der Waals surface area contributed by atoms with Crippen LogP contribution in [0.15, 0.2) is 48.8 Å². The van der Waals surface area contributed by atoms with Gasteiger partial charge in [0.2, 0.25) is 0 Å². The highest BCUT2D eigenvalue weighted by atomic mass is 35.5. The predicted molar refractivity (Wildman–Crippen MR) is 129 cm³/mol. The molecule has 2 aliphatic rings. The number of rotatable bonds is 4. The summed E-state index contributed by atoms with van der Waals surface area (Å²) in [5.74, 6) is -0.751. The lowest BCUT2D eigenvalue weighted by atomic mass is 9.92. The molecule has 2 aromatic heterocycles. The quantitative estimate of drug-likeness (QED) is 0.403. The summed E-state index contributed by atoms with van der Waals surface area (Å²) in [6.07, 6.45) is 4.63. The van der Waals surface area contributed by atoms with Crippen LogP contribution < -0.4 is 10.6 Å². The van der Waals surface area contributed by atoms with Gasteiger partial charge in [-0.25, -0.2) is 4.39 Å². The summed E-state index contributed by atoms with van der Waals surface area (Å²) in [5, 5.41) is 7.40. The average molecular weight is 465 g/mol. The highest BCUT2D eigenvalue weighted by Crippen LogP contribution is 2.40. The second kappa shape index (κ2) is 7.86. The number of hydrogen-bond donors (Lipinski definition) is 3. The molecular weight excluding hydrogens is 443 g/mol. The first-order chi connectivity index (χ1) is 15.5. The van der Waals surface area contributed by atoms with Crippen molar-refractivity contribution >= 4 is 57.2 Å². The fraction of sp³-hybridized carbons (Fsp3) is 0.200. The van der Waals surface area contributed by atoms with E-state index in [1.54, 1.807) is 12.3 Å². The zero-order valence-corrected chi connectivity index (χ0v) is 18.7. The van der Waals surface area contributed by atoms with Crippen LogP contribution in [0.2, 0.25) is 0 Å². The summed E-state index contributed by atoms with van der Waals surface area (Å²) in [5.41, 5.74) is 4.98. The maximum atomic E-state index is 13.7. The third kappa shape index (κ3) is 3.19. The minimum atomic E-state index is -0.435. The number of hydrogen-bond acceptors (Lipinski definition) is 3. The van der Waals surface area contributed by atoms with E-state index in [0.717, 1.165) is 36.0 Å². The van der Waals surface area contributed by atoms with Crippen molar-refractivity contribution in [3.8, 4) is 0 Å². The van der Waals surface area contributed by atoms with Gasteiger partial charge < -0.3 is 14.9 Å². The zero-order valence-electron chi connectivity index (χ0n) is 17.9. The van der Waals surface area contributed by atoms with Gasteiger partial charge in [0.25, 0.3) is 11.8 Å². The van der Waals surface area contributed by atoms with Crippen LogP contribution in [0, 0.1) is 11.7 Å². The van der Waals surface area contributed by atoms with Crippen molar-refractivity contribution in [2.24, 2.45) is 5.92 Å². The predicted octanol–water partition coefficient (Wildman–Crippen LogP) is 3.64. The number of fused-ring (bicyclic) bond motifs is 1. The van der Waals surface area contributed by atoms with Crippen molar-refractivity contribution < 1.29 is 14.0 Å². The number of aromatic nitrogens is 2. The standard InChI is InChI=1S/C25H21FN4O2.ClH/c1-27-9-13-7-14-3-2-4-17-19(12-30(11-13)23(14)17)22-21(24(31)29-25(22)32)18-10-28-20-8-15(26)5-6-16(18)20;/h2-6,8,10,12-13,27-28H,7,9,11H2,1H3,(H,29,31,32);1H. The Balaban J connectivity index is 0.00000228. The van der Waals surface area contributed by atoms with Crippen LogP contribution in [-0.2, 0) is 22.6 Å². The average Bonchev–Trinajstić information content (AvgIpc) is 3.42. The first-order valence-corrected chi connectivity index (χ1v) is 10.7. The van der Waals surface area contributed by atoms with E-state index in [4.69, 9.17) is 0 Å². The normalized spacial score (nSPS) is 17.7. The van der Waals surface area contributed by atoms with Crippen molar-refractivity contribution in [2.75, 3.05) is 13.6 Å². The van der Waals surface area contributed by atoms with Gasteiger partial charge in [0.05, 0.1) is 16.7 Å². The first-order valence-electron chi connectivity index (χ1n) is 10.7. The molecule has 0 radical (unpaired) electrons. The number of imide groups is 1. The minimum absolute atomic E-state index is 0. The monoisotopic (exact) mass is 464 g/mol. The molecule has 2 aromatic carbocycles. The summed E-state index contributed by atoms with van der Waals surface area (Å²) in [6, 6.07) is 10.5. The van der Waals surface area contributed by atoms with Gasteiger partial charge in [-0.05, 0) is 49.7 Å². The number of carbonyl (C=O) groups is 2. The molecule has 1 unspecified atom stereocenters. The van der Waals surface area contributed by atoms with E-state index in [1.807, 2.05) is 25.4 Å². The number of nitrogens with zero attached hydrogens (tertiary/aromatic N) is 1. The largest absolute Gasteiger partial charge is 0.360 e. The molecular formula is C25H22ClFN4O2. The fourth-order valence-electron chi connectivity index (χ4n) is 5.30. The van der Waals surface area contributed by atoms with Crippen LogP contribution in [0.5, 0.6) is 0 Å². The Labute approximate surface area is 195 Å². The van der Waals surface area contributed by atoms with E-state index in [2.05, 4.69) is 26.3 Å². The Morgan fingerprint density at radius 1 is 1.09 bits per heavy atom. The lowest BCUT2D eigenvalue weighted by Gasteiger charge is -2.24. The Bertz CT molecular complexity index is 1480. The lowest BCUT2D eigenvalue weighted by molar-refractivity contribution is -0.122. The van der Waals surface area contributed by atoms with Gasteiger partial charge in [0.1, 0.15) is 5.82 Å². The Hall–Kier alpha value is -3.42. The molecule has 6 rings (SSSR count). The molecule has 4 heterocycles. The number of H-pyrrole nitrogens is 1. The second-order valence-corrected chi connectivity index (χ2v) is 8.56. The van der Waals surface area contributed by atoms with Crippen LogP contribution in [0.1, 0.15) is 16.7 Å². The van der Waals surface area contributed by atoms with E-state index >= 15 is 0 Å². The molecule has 1 atom stereocenters.